The largest absolute Gasteiger partial charge is 0.375 e. The standard InChI is InChI=1S/C9H15N3O4S3/c1-6-8(17-9(10)12-6)19(15,16)11-5-7-3-2-4-18(7,13)14/h7,11H,2-5H2,1H3,(H2,10,12). The van der Waals surface area contributed by atoms with Gasteiger partial charge in [0, 0.05) is 6.54 Å². The van der Waals surface area contributed by atoms with Crippen LogP contribution in [0.1, 0.15) is 18.5 Å². The number of sulfonamides is 1. The summed E-state index contributed by atoms with van der Waals surface area (Å²) >= 11 is 0.870. The number of nitrogen functional groups attached to an aromatic ring is 1. The summed E-state index contributed by atoms with van der Waals surface area (Å²) in [5.41, 5.74) is 5.78. The van der Waals surface area contributed by atoms with Crippen molar-refractivity contribution in [2.24, 2.45) is 0 Å². The molecule has 10 heteroatoms. The van der Waals surface area contributed by atoms with Crippen LogP contribution < -0.4 is 10.5 Å². The van der Waals surface area contributed by atoms with Crippen LogP contribution in [-0.2, 0) is 19.9 Å². The lowest BCUT2D eigenvalue weighted by molar-refractivity contribution is 0.572. The summed E-state index contributed by atoms with van der Waals surface area (Å²) in [5.74, 6) is 0.131. The Balaban J connectivity index is 2.13. The lowest BCUT2D eigenvalue weighted by atomic mass is 10.2. The second-order valence-corrected chi connectivity index (χ2v) is 9.80. The van der Waals surface area contributed by atoms with Gasteiger partial charge < -0.3 is 5.73 Å². The number of sulfone groups is 1. The number of nitrogens with two attached hydrogens (primary N) is 1. The summed E-state index contributed by atoms with van der Waals surface area (Å²) in [6, 6.07) is 0. The van der Waals surface area contributed by atoms with E-state index in [1.54, 1.807) is 6.92 Å². The van der Waals surface area contributed by atoms with Gasteiger partial charge >= 0.3 is 0 Å². The van der Waals surface area contributed by atoms with Gasteiger partial charge in [-0.25, -0.2) is 26.5 Å². The highest BCUT2D eigenvalue weighted by Gasteiger charge is 2.32. The van der Waals surface area contributed by atoms with Crippen molar-refractivity contribution in [1.82, 2.24) is 9.71 Å². The van der Waals surface area contributed by atoms with Crippen LogP contribution in [-0.4, -0.2) is 39.4 Å². The highest BCUT2D eigenvalue weighted by molar-refractivity contribution is 7.93. The van der Waals surface area contributed by atoms with Gasteiger partial charge in [0.15, 0.2) is 19.2 Å². The molecule has 2 rings (SSSR count). The Bertz CT molecular complexity index is 678. The van der Waals surface area contributed by atoms with Crippen LogP contribution in [0.3, 0.4) is 0 Å². The minimum Gasteiger partial charge on any atom is -0.375 e. The first-order chi connectivity index (χ1) is 8.72. The molecular formula is C9H15N3O4S3. The van der Waals surface area contributed by atoms with Crippen molar-refractivity contribution in [1.29, 1.82) is 0 Å². The van der Waals surface area contributed by atoms with E-state index in [4.69, 9.17) is 5.73 Å². The van der Waals surface area contributed by atoms with Crippen LogP contribution in [0.5, 0.6) is 0 Å². The molecule has 1 atom stereocenters. The van der Waals surface area contributed by atoms with Crippen molar-refractivity contribution in [3.63, 3.8) is 0 Å². The van der Waals surface area contributed by atoms with Gasteiger partial charge in [0.2, 0.25) is 0 Å². The van der Waals surface area contributed by atoms with Gasteiger partial charge in [-0.15, -0.1) is 0 Å². The molecule has 1 unspecified atom stereocenters. The minimum absolute atomic E-state index is 0.0420. The molecule has 3 N–H and O–H groups in total. The Morgan fingerprint density at radius 1 is 1.53 bits per heavy atom. The summed E-state index contributed by atoms with van der Waals surface area (Å²) in [5, 5.41) is -0.459. The van der Waals surface area contributed by atoms with Crippen LogP contribution in [0.2, 0.25) is 0 Å². The molecular weight excluding hydrogens is 310 g/mol. The van der Waals surface area contributed by atoms with Gasteiger partial charge in [-0.05, 0) is 19.8 Å². The number of thiazole rings is 1. The molecule has 0 aliphatic carbocycles. The zero-order valence-corrected chi connectivity index (χ0v) is 12.7. The topological polar surface area (TPSA) is 119 Å². The first kappa shape index (κ1) is 14.7. The van der Waals surface area contributed by atoms with Gasteiger partial charge in [0.05, 0.1) is 16.7 Å². The van der Waals surface area contributed by atoms with Gasteiger partial charge in [0.1, 0.15) is 0 Å². The van der Waals surface area contributed by atoms with Crippen molar-refractivity contribution in [2.45, 2.75) is 29.2 Å². The Morgan fingerprint density at radius 3 is 2.68 bits per heavy atom. The van der Waals surface area contributed by atoms with Crippen LogP contribution >= 0.6 is 11.3 Å². The van der Waals surface area contributed by atoms with Gasteiger partial charge in [-0.2, -0.15) is 0 Å². The normalized spacial score (nSPS) is 22.7. The molecule has 1 aliphatic heterocycles. The monoisotopic (exact) mass is 325 g/mol. The summed E-state index contributed by atoms with van der Waals surface area (Å²) in [7, 11) is -6.91. The average Bonchev–Trinajstić information content (AvgIpc) is 2.78. The maximum atomic E-state index is 12.0. The van der Waals surface area contributed by atoms with Crippen LogP contribution in [0.4, 0.5) is 5.13 Å². The van der Waals surface area contributed by atoms with E-state index < -0.39 is 25.1 Å². The Morgan fingerprint density at radius 2 is 2.21 bits per heavy atom. The first-order valence-electron chi connectivity index (χ1n) is 5.66. The third-order valence-electron chi connectivity index (χ3n) is 2.98. The maximum absolute atomic E-state index is 12.0. The number of nitrogens with zero attached hydrogens (tertiary/aromatic N) is 1. The Labute approximate surface area is 116 Å². The maximum Gasteiger partial charge on any atom is 0.252 e. The zero-order chi connectivity index (χ0) is 14.3. The van der Waals surface area contributed by atoms with Crippen molar-refractivity contribution in [3.05, 3.63) is 5.69 Å². The van der Waals surface area contributed by atoms with E-state index >= 15 is 0 Å². The quantitative estimate of drug-likeness (QED) is 0.797. The summed E-state index contributed by atoms with van der Waals surface area (Å²) in [6.45, 7) is 1.45. The second-order valence-electron chi connectivity index (χ2n) is 4.41. The molecule has 108 valence electrons. The number of hydrogen-bond acceptors (Lipinski definition) is 7. The average molecular weight is 325 g/mol. The molecule has 1 aliphatic rings. The smallest absolute Gasteiger partial charge is 0.252 e. The molecule has 2 heterocycles. The molecule has 1 aromatic rings. The van der Waals surface area contributed by atoms with E-state index in [0.29, 0.717) is 18.5 Å². The molecule has 0 amide bonds. The van der Waals surface area contributed by atoms with Crippen molar-refractivity contribution in [3.8, 4) is 0 Å². The van der Waals surface area contributed by atoms with Gasteiger partial charge in [-0.1, -0.05) is 11.3 Å². The molecule has 0 bridgehead atoms. The molecule has 0 aromatic carbocycles. The second kappa shape index (κ2) is 5.00. The molecule has 1 saturated heterocycles. The van der Waals surface area contributed by atoms with Crippen LogP contribution in [0.15, 0.2) is 4.21 Å². The highest BCUT2D eigenvalue weighted by Crippen LogP contribution is 2.25. The fourth-order valence-electron chi connectivity index (χ4n) is 2.01. The fraction of sp³-hybridized carbons (Fsp3) is 0.667. The first-order valence-corrected chi connectivity index (χ1v) is 9.68. The predicted octanol–water partition coefficient (Wildman–Crippen LogP) is -0.111. The fourth-order valence-corrected chi connectivity index (χ4v) is 6.30. The molecule has 1 aromatic heterocycles. The van der Waals surface area contributed by atoms with Gasteiger partial charge in [-0.3, -0.25) is 0 Å². The van der Waals surface area contributed by atoms with E-state index in [2.05, 4.69) is 9.71 Å². The Hall–Kier alpha value is -0.710. The van der Waals surface area contributed by atoms with E-state index in [9.17, 15) is 16.8 Å². The van der Waals surface area contributed by atoms with E-state index in [0.717, 1.165) is 11.3 Å². The number of nitrogens with one attached hydrogen (secondary N) is 1. The lowest BCUT2D eigenvalue weighted by Gasteiger charge is -2.10. The SMILES string of the molecule is Cc1nc(N)sc1S(=O)(=O)NCC1CCCS1(=O)=O. The third-order valence-corrected chi connectivity index (χ3v) is 8.27. The van der Waals surface area contributed by atoms with E-state index in [-0.39, 0.29) is 21.6 Å². The van der Waals surface area contributed by atoms with Gasteiger partial charge in [0.25, 0.3) is 10.0 Å². The van der Waals surface area contributed by atoms with Crippen LogP contribution in [0.25, 0.3) is 0 Å². The van der Waals surface area contributed by atoms with Crippen molar-refractivity contribution >= 4 is 36.3 Å². The number of aromatic nitrogens is 1. The van der Waals surface area contributed by atoms with Crippen LogP contribution in [0, 0.1) is 6.92 Å². The van der Waals surface area contributed by atoms with Crippen molar-refractivity contribution < 1.29 is 16.8 Å². The lowest BCUT2D eigenvalue weighted by Crippen LogP contribution is -2.34. The number of hydrogen-bond donors (Lipinski definition) is 2. The molecule has 1 fully saturated rings. The molecule has 7 nitrogen and oxygen atoms in total. The number of rotatable bonds is 4. The van der Waals surface area contributed by atoms with Crippen molar-refractivity contribution in [2.75, 3.05) is 18.0 Å². The van der Waals surface area contributed by atoms with E-state index in [1.165, 1.54) is 0 Å². The predicted molar refractivity (Wildman–Crippen MR) is 73.3 cm³/mol. The molecule has 0 saturated carbocycles. The molecule has 19 heavy (non-hydrogen) atoms. The molecule has 0 radical (unpaired) electrons. The molecule has 0 spiro atoms. The highest BCUT2D eigenvalue weighted by atomic mass is 32.2. The third kappa shape index (κ3) is 3.07. The number of anilines is 1. The summed E-state index contributed by atoms with van der Waals surface area (Å²) in [4.78, 5) is 3.84. The Kier molecular flexibility index (Phi) is 3.87. The zero-order valence-electron chi connectivity index (χ0n) is 10.3. The van der Waals surface area contributed by atoms with E-state index in [1.807, 2.05) is 0 Å². The summed E-state index contributed by atoms with van der Waals surface area (Å²) < 4.78 is 49.7. The minimum atomic E-state index is -3.75. The summed E-state index contributed by atoms with van der Waals surface area (Å²) in [6.07, 6.45) is 1.08. The number of aryl methyl sites for hydroxylation is 1.